The van der Waals surface area contributed by atoms with Crippen LogP contribution in [-0.2, 0) is 0 Å². The second-order valence-corrected chi connectivity index (χ2v) is 5.47. The minimum atomic E-state index is -0.230. The van der Waals surface area contributed by atoms with Gasteiger partial charge in [0.2, 0.25) is 0 Å². The first-order chi connectivity index (χ1) is 6.61. The molecule has 0 saturated carbocycles. The van der Waals surface area contributed by atoms with Crippen LogP contribution in [0.1, 0.15) is 13.8 Å². The largest absolute Gasteiger partial charge is 0.392 e. The van der Waals surface area contributed by atoms with E-state index in [2.05, 4.69) is 22.0 Å². The molecule has 1 N–H and O–H groups in total. The molecule has 0 saturated heterocycles. The van der Waals surface area contributed by atoms with E-state index in [9.17, 15) is 5.11 Å². The van der Waals surface area contributed by atoms with Gasteiger partial charge in [0, 0.05) is 15.1 Å². The SMILES string of the molecule is CC(C)C(O)CSc1ccccc1Br. The molecule has 0 amide bonds. The molecule has 0 aromatic heterocycles. The molecule has 78 valence electrons. The van der Waals surface area contributed by atoms with E-state index in [0.29, 0.717) is 5.92 Å². The van der Waals surface area contributed by atoms with Gasteiger partial charge in [-0.15, -0.1) is 11.8 Å². The van der Waals surface area contributed by atoms with Crippen LogP contribution in [0, 0.1) is 5.92 Å². The Hall–Kier alpha value is 0.01000. The molecule has 0 bridgehead atoms. The van der Waals surface area contributed by atoms with Crippen LogP contribution in [-0.4, -0.2) is 17.0 Å². The van der Waals surface area contributed by atoms with E-state index < -0.39 is 0 Å². The van der Waals surface area contributed by atoms with Gasteiger partial charge >= 0.3 is 0 Å². The highest BCUT2D eigenvalue weighted by Crippen LogP contribution is 2.28. The van der Waals surface area contributed by atoms with Crippen LogP contribution in [0.25, 0.3) is 0 Å². The molecule has 1 atom stereocenters. The molecule has 0 heterocycles. The molecule has 0 spiro atoms. The molecule has 3 heteroatoms. The topological polar surface area (TPSA) is 20.2 Å². The van der Waals surface area contributed by atoms with Crippen LogP contribution in [0.4, 0.5) is 0 Å². The fourth-order valence-corrected chi connectivity index (χ4v) is 2.67. The number of rotatable bonds is 4. The summed E-state index contributed by atoms with van der Waals surface area (Å²) >= 11 is 5.17. The number of benzene rings is 1. The van der Waals surface area contributed by atoms with Crippen molar-refractivity contribution in [3.8, 4) is 0 Å². The van der Waals surface area contributed by atoms with Crippen molar-refractivity contribution in [3.63, 3.8) is 0 Å². The highest BCUT2D eigenvalue weighted by atomic mass is 79.9. The van der Waals surface area contributed by atoms with Crippen molar-refractivity contribution in [1.29, 1.82) is 0 Å². The summed E-state index contributed by atoms with van der Waals surface area (Å²) in [6.07, 6.45) is -0.230. The maximum absolute atomic E-state index is 9.64. The Balaban J connectivity index is 2.50. The molecule has 0 aliphatic heterocycles. The monoisotopic (exact) mass is 274 g/mol. The lowest BCUT2D eigenvalue weighted by Crippen LogP contribution is -2.17. The predicted octanol–water partition coefficient (Wildman–Crippen LogP) is 3.56. The third kappa shape index (κ3) is 3.64. The fourth-order valence-electron chi connectivity index (χ4n) is 0.929. The number of thioether (sulfide) groups is 1. The van der Waals surface area contributed by atoms with Crippen molar-refractivity contribution in [2.45, 2.75) is 24.8 Å². The molecule has 1 nitrogen and oxygen atoms in total. The van der Waals surface area contributed by atoms with Crippen molar-refractivity contribution in [1.82, 2.24) is 0 Å². The maximum Gasteiger partial charge on any atom is 0.0656 e. The Morgan fingerprint density at radius 3 is 2.57 bits per heavy atom. The van der Waals surface area contributed by atoms with Crippen LogP contribution >= 0.6 is 27.7 Å². The zero-order valence-electron chi connectivity index (χ0n) is 8.40. The Morgan fingerprint density at radius 2 is 2.00 bits per heavy atom. The molecule has 0 fully saturated rings. The second-order valence-electron chi connectivity index (χ2n) is 3.55. The van der Waals surface area contributed by atoms with Crippen LogP contribution in [0.15, 0.2) is 33.6 Å². The highest BCUT2D eigenvalue weighted by Gasteiger charge is 2.10. The number of halogens is 1. The molecule has 14 heavy (non-hydrogen) atoms. The van der Waals surface area contributed by atoms with Gasteiger partial charge in [-0.1, -0.05) is 26.0 Å². The van der Waals surface area contributed by atoms with Crippen molar-refractivity contribution in [3.05, 3.63) is 28.7 Å². The van der Waals surface area contributed by atoms with E-state index >= 15 is 0 Å². The number of aliphatic hydroxyl groups excluding tert-OH is 1. The van der Waals surface area contributed by atoms with Gasteiger partial charge in [0.25, 0.3) is 0 Å². The minimum Gasteiger partial charge on any atom is -0.392 e. The number of hydrogen-bond acceptors (Lipinski definition) is 2. The molecule has 0 aliphatic rings. The van der Waals surface area contributed by atoms with Gasteiger partial charge < -0.3 is 5.11 Å². The predicted molar refractivity (Wildman–Crippen MR) is 65.7 cm³/mol. The van der Waals surface area contributed by atoms with Crippen LogP contribution in [0.3, 0.4) is 0 Å². The summed E-state index contributed by atoms with van der Waals surface area (Å²) in [5, 5.41) is 9.64. The Kier molecular flexibility index (Phi) is 4.99. The summed E-state index contributed by atoms with van der Waals surface area (Å²) in [7, 11) is 0. The molecule has 0 aliphatic carbocycles. The van der Waals surface area contributed by atoms with E-state index in [1.54, 1.807) is 11.8 Å². The first kappa shape index (κ1) is 12.1. The first-order valence-corrected chi connectivity index (χ1v) is 6.44. The van der Waals surface area contributed by atoms with Crippen LogP contribution in [0.5, 0.6) is 0 Å². The van der Waals surface area contributed by atoms with Gasteiger partial charge in [0.15, 0.2) is 0 Å². The average Bonchev–Trinajstić information content (AvgIpc) is 2.16. The molecule has 1 aromatic carbocycles. The lowest BCUT2D eigenvalue weighted by molar-refractivity contribution is 0.149. The minimum absolute atomic E-state index is 0.230. The van der Waals surface area contributed by atoms with Crippen LogP contribution < -0.4 is 0 Å². The van der Waals surface area contributed by atoms with Gasteiger partial charge in [0.05, 0.1) is 6.10 Å². The fraction of sp³-hybridized carbons (Fsp3) is 0.455. The molecule has 1 aromatic rings. The molecular formula is C11H15BrOS. The Morgan fingerprint density at radius 1 is 1.36 bits per heavy atom. The van der Waals surface area contributed by atoms with E-state index in [-0.39, 0.29) is 6.10 Å². The van der Waals surface area contributed by atoms with Gasteiger partial charge in [-0.3, -0.25) is 0 Å². The summed E-state index contributed by atoms with van der Waals surface area (Å²) in [6, 6.07) is 8.08. The normalized spacial score (nSPS) is 13.2. The van der Waals surface area contributed by atoms with E-state index in [1.165, 1.54) is 4.90 Å². The zero-order chi connectivity index (χ0) is 10.6. The van der Waals surface area contributed by atoms with E-state index in [0.717, 1.165) is 10.2 Å². The van der Waals surface area contributed by atoms with Gasteiger partial charge in [0.1, 0.15) is 0 Å². The first-order valence-electron chi connectivity index (χ1n) is 4.66. The van der Waals surface area contributed by atoms with Gasteiger partial charge in [-0.2, -0.15) is 0 Å². The smallest absolute Gasteiger partial charge is 0.0656 e. The summed E-state index contributed by atoms with van der Waals surface area (Å²) in [5.74, 6) is 1.07. The number of aliphatic hydroxyl groups is 1. The van der Waals surface area contributed by atoms with Crippen molar-refractivity contribution >= 4 is 27.7 Å². The Labute approximate surface area is 98.0 Å². The quantitative estimate of drug-likeness (QED) is 0.848. The second kappa shape index (κ2) is 5.79. The molecule has 1 rings (SSSR count). The van der Waals surface area contributed by atoms with Crippen molar-refractivity contribution in [2.75, 3.05) is 5.75 Å². The summed E-state index contributed by atoms with van der Waals surface area (Å²) < 4.78 is 1.10. The average molecular weight is 275 g/mol. The van der Waals surface area contributed by atoms with E-state index in [4.69, 9.17) is 0 Å². The zero-order valence-corrected chi connectivity index (χ0v) is 10.8. The summed E-state index contributed by atoms with van der Waals surface area (Å²) in [5.41, 5.74) is 0. The summed E-state index contributed by atoms with van der Waals surface area (Å²) in [4.78, 5) is 1.19. The molecule has 1 unspecified atom stereocenters. The standard InChI is InChI=1S/C11H15BrOS/c1-8(2)10(13)7-14-11-6-4-3-5-9(11)12/h3-6,8,10,13H,7H2,1-2H3. The summed E-state index contributed by atoms with van der Waals surface area (Å²) in [6.45, 7) is 4.07. The highest BCUT2D eigenvalue weighted by molar-refractivity contribution is 9.10. The lowest BCUT2D eigenvalue weighted by atomic mass is 10.1. The maximum atomic E-state index is 9.64. The number of hydrogen-bond donors (Lipinski definition) is 1. The Bertz CT molecular complexity index is 288. The third-order valence-electron chi connectivity index (χ3n) is 2.02. The van der Waals surface area contributed by atoms with Crippen molar-refractivity contribution < 1.29 is 5.11 Å². The lowest BCUT2D eigenvalue weighted by Gasteiger charge is -2.13. The van der Waals surface area contributed by atoms with Gasteiger partial charge in [-0.05, 0) is 34.0 Å². The molecule has 0 radical (unpaired) electrons. The van der Waals surface area contributed by atoms with Crippen molar-refractivity contribution in [2.24, 2.45) is 5.92 Å². The van der Waals surface area contributed by atoms with Crippen LogP contribution in [0.2, 0.25) is 0 Å². The van der Waals surface area contributed by atoms with Gasteiger partial charge in [-0.25, -0.2) is 0 Å². The van der Waals surface area contributed by atoms with E-state index in [1.807, 2.05) is 32.0 Å². The molecular weight excluding hydrogens is 260 g/mol. The third-order valence-corrected chi connectivity index (χ3v) is 4.14.